The van der Waals surface area contributed by atoms with Crippen molar-refractivity contribution in [3.63, 3.8) is 0 Å². The second kappa shape index (κ2) is 5.59. The Kier molecular flexibility index (Phi) is 3.88. The molecule has 2 N–H and O–H groups in total. The summed E-state index contributed by atoms with van der Waals surface area (Å²) in [4.78, 5) is 14.3. The third-order valence-electron chi connectivity index (χ3n) is 2.93. The lowest BCUT2D eigenvalue weighted by atomic mass is 10.1. The SMILES string of the molecule is Cc1cc(NCC2=CCNCC2)ncc1[N+](=O)[O-]. The lowest BCUT2D eigenvalue weighted by Crippen LogP contribution is -2.23. The third kappa shape index (κ3) is 3.04. The predicted octanol–water partition coefficient (Wildman–Crippen LogP) is 1.63. The highest BCUT2D eigenvalue weighted by atomic mass is 16.6. The van der Waals surface area contributed by atoms with Crippen LogP contribution in [0.1, 0.15) is 12.0 Å². The maximum absolute atomic E-state index is 10.7. The molecule has 0 bridgehead atoms. The molecule has 0 saturated carbocycles. The zero-order chi connectivity index (χ0) is 13.0. The summed E-state index contributed by atoms with van der Waals surface area (Å²) in [6, 6.07) is 1.71. The number of aromatic nitrogens is 1. The Morgan fingerprint density at radius 1 is 1.61 bits per heavy atom. The van der Waals surface area contributed by atoms with Crippen molar-refractivity contribution >= 4 is 11.5 Å². The average molecular weight is 248 g/mol. The molecule has 6 heteroatoms. The highest BCUT2D eigenvalue weighted by Crippen LogP contribution is 2.19. The summed E-state index contributed by atoms with van der Waals surface area (Å²) >= 11 is 0. The number of nitrogens with one attached hydrogen (secondary N) is 2. The highest BCUT2D eigenvalue weighted by molar-refractivity contribution is 5.47. The molecular formula is C12H16N4O2. The van der Waals surface area contributed by atoms with E-state index in [-0.39, 0.29) is 5.69 Å². The molecule has 0 aliphatic carbocycles. The van der Waals surface area contributed by atoms with Gasteiger partial charge in [-0.25, -0.2) is 4.98 Å². The molecule has 6 nitrogen and oxygen atoms in total. The Morgan fingerprint density at radius 2 is 2.44 bits per heavy atom. The van der Waals surface area contributed by atoms with Crippen LogP contribution in [-0.4, -0.2) is 29.5 Å². The van der Waals surface area contributed by atoms with Crippen molar-refractivity contribution in [3.05, 3.63) is 39.6 Å². The van der Waals surface area contributed by atoms with Crippen LogP contribution in [0.5, 0.6) is 0 Å². The number of nitrogens with zero attached hydrogens (tertiary/aromatic N) is 2. The van der Waals surface area contributed by atoms with E-state index in [0.29, 0.717) is 11.4 Å². The van der Waals surface area contributed by atoms with Gasteiger partial charge in [0.15, 0.2) is 0 Å². The van der Waals surface area contributed by atoms with Gasteiger partial charge in [0.25, 0.3) is 5.69 Å². The van der Waals surface area contributed by atoms with Gasteiger partial charge in [-0.2, -0.15) is 0 Å². The van der Waals surface area contributed by atoms with Crippen molar-refractivity contribution in [2.75, 3.05) is 25.0 Å². The van der Waals surface area contributed by atoms with Crippen LogP contribution in [0.3, 0.4) is 0 Å². The largest absolute Gasteiger partial charge is 0.366 e. The molecular weight excluding hydrogens is 232 g/mol. The van der Waals surface area contributed by atoms with Gasteiger partial charge in [0, 0.05) is 18.7 Å². The van der Waals surface area contributed by atoms with Crippen molar-refractivity contribution < 1.29 is 4.92 Å². The number of anilines is 1. The normalized spacial score (nSPS) is 15.1. The zero-order valence-electron chi connectivity index (χ0n) is 10.3. The van der Waals surface area contributed by atoms with Crippen LogP contribution in [0.2, 0.25) is 0 Å². The van der Waals surface area contributed by atoms with Crippen molar-refractivity contribution in [1.82, 2.24) is 10.3 Å². The quantitative estimate of drug-likeness (QED) is 0.481. The first-order valence-corrected chi connectivity index (χ1v) is 5.90. The fraction of sp³-hybridized carbons (Fsp3) is 0.417. The second-order valence-corrected chi connectivity index (χ2v) is 4.28. The minimum Gasteiger partial charge on any atom is -0.366 e. The molecule has 18 heavy (non-hydrogen) atoms. The molecule has 0 aromatic carbocycles. The van der Waals surface area contributed by atoms with Gasteiger partial charge < -0.3 is 10.6 Å². The number of hydrogen-bond acceptors (Lipinski definition) is 5. The summed E-state index contributed by atoms with van der Waals surface area (Å²) in [6.07, 6.45) is 4.49. The Hall–Kier alpha value is -1.95. The van der Waals surface area contributed by atoms with Crippen LogP contribution >= 0.6 is 0 Å². The van der Waals surface area contributed by atoms with Gasteiger partial charge in [-0.15, -0.1) is 0 Å². The maximum Gasteiger partial charge on any atom is 0.290 e. The zero-order valence-corrected chi connectivity index (χ0v) is 10.3. The Bertz CT molecular complexity index is 485. The molecule has 1 aliphatic rings. The van der Waals surface area contributed by atoms with E-state index in [9.17, 15) is 10.1 Å². The lowest BCUT2D eigenvalue weighted by molar-refractivity contribution is -0.385. The van der Waals surface area contributed by atoms with Crippen LogP contribution in [0.25, 0.3) is 0 Å². The van der Waals surface area contributed by atoms with Gasteiger partial charge in [-0.05, 0) is 26.0 Å². The van der Waals surface area contributed by atoms with Crippen LogP contribution in [-0.2, 0) is 0 Å². The minimum absolute atomic E-state index is 0.0571. The lowest BCUT2D eigenvalue weighted by Gasteiger charge is -2.14. The molecule has 0 amide bonds. The summed E-state index contributed by atoms with van der Waals surface area (Å²) in [5.41, 5.74) is 2.02. The standard InChI is InChI=1S/C12H16N4O2/c1-9-6-12(15-8-11(9)16(17)18)14-7-10-2-4-13-5-3-10/h2,6,8,13H,3-5,7H2,1H3,(H,14,15). The highest BCUT2D eigenvalue weighted by Gasteiger charge is 2.11. The van der Waals surface area contributed by atoms with E-state index in [1.54, 1.807) is 13.0 Å². The summed E-state index contributed by atoms with van der Waals surface area (Å²) in [7, 11) is 0. The second-order valence-electron chi connectivity index (χ2n) is 4.28. The summed E-state index contributed by atoms with van der Waals surface area (Å²) in [5, 5.41) is 17.1. The Balaban J connectivity index is 1.99. The molecule has 1 aromatic rings. The van der Waals surface area contributed by atoms with Crippen molar-refractivity contribution in [2.24, 2.45) is 0 Å². The van der Waals surface area contributed by atoms with Crippen LogP contribution < -0.4 is 10.6 Å². The van der Waals surface area contributed by atoms with Crippen molar-refractivity contribution in [1.29, 1.82) is 0 Å². The predicted molar refractivity (Wildman–Crippen MR) is 69.7 cm³/mol. The van der Waals surface area contributed by atoms with Crippen LogP contribution in [0.15, 0.2) is 23.9 Å². The number of rotatable bonds is 4. The van der Waals surface area contributed by atoms with E-state index in [4.69, 9.17) is 0 Å². The van der Waals surface area contributed by atoms with Crippen LogP contribution in [0, 0.1) is 17.0 Å². The van der Waals surface area contributed by atoms with Gasteiger partial charge in [-0.1, -0.05) is 11.6 Å². The molecule has 0 fully saturated rings. The molecule has 0 spiro atoms. The van der Waals surface area contributed by atoms with Gasteiger partial charge in [0.1, 0.15) is 12.0 Å². The molecule has 2 heterocycles. The summed E-state index contributed by atoms with van der Waals surface area (Å²) < 4.78 is 0. The average Bonchev–Trinajstić information content (AvgIpc) is 2.37. The molecule has 0 radical (unpaired) electrons. The molecule has 0 atom stereocenters. The molecule has 0 unspecified atom stereocenters. The monoisotopic (exact) mass is 248 g/mol. The molecule has 1 aliphatic heterocycles. The van der Waals surface area contributed by atoms with E-state index < -0.39 is 4.92 Å². The Morgan fingerprint density at radius 3 is 3.06 bits per heavy atom. The maximum atomic E-state index is 10.7. The van der Waals surface area contributed by atoms with Gasteiger partial charge in [0.05, 0.1) is 4.92 Å². The van der Waals surface area contributed by atoms with Crippen molar-refractivity contribution in [3.8, 4) is 0 Å². The first-order valence-electron chi connectivity index (χ1n) is 5.90. The number of hydrogen-bond donors (Lipinski definition) is 2. The fourth-order valence-electron chi connectivity index (χ4n) is 1.87. The Labute approximate surface area is 105 Å². The van der Waals surface area contributed by atoms with E-state index >= 15 is 0 Å². The first-order chi connectivity index (χ1) is 8.66. The number of nitro groups is 1. The van der Waals surface area contributed by atoms with E-state index in [1.165, 1.54) is 11.8 Å². The third-order valence-corrected chi connectivity index (χ3v) is 2.93. The van der Waals surface area contributed by atoms with Gasteiger partial charge in [0.2, 0.25) is 0 Å². The molecule has 96 valence electrons. The fourth-order valence-corrected chi connectivity index (χ4v) is 1.87. The number of pyridine rings is 1. The first kappa shape index (κ1) is 12.5. The number of aryl methyl sites for hydroxylation is 1. The molecule has 2 rings (SSSR count). The van der Waals surface area contributed by atoms with E-state index in [2.05, 4.69) is 21.7 Å². The minimum atomic E-state index is -0.415. The topological polar surface area (TPSA) is 80.1 Å². The smallest absolute Gasteiger partial charge is 0.290 e. The van der Waals surface area contributed by atoms with Gasteiger partial charge in [-0.3, -0.25) is 10.1 Å². The van der Waals surface area contributed by atoms with Crippen LogP contribution in [0.4, 0.5) is 11.5 Å². The molecule has 0 saturated heterocycles. The molecule has 1 aromatic heterocycles. The van der Waals surface area contributed by atoms with Crippen molar-refractivity contribution in [2.45, 2.75) is 13.3 Å². The van der Waals surface area contributed by atoms with E-state index in [1.807, 2.05) is 0 Å². The van der Waals surface area contributed by atoms with E-state index in [0.717, 1.165) is 26.1 Å². The van der Waals surface area contributed by atoms with Gasteiger partial charge >= 0.3 is 0 Å². The summed E-state index contributed by atoms with van der Waals surface area (Å²) in [5.74, 6) is 0.678. The summed E-state index contributed by atoms with van der Waals surface area (Å²) in [6.45, 7) is 4.37.